The molecule has 1 saturated heterocycles. The summed E-state index contributed by atoms with van der Waals surface area (Å²) in [5.74, 6) is 0.0956. The van der Waals surface area contributed by atoms with Crippen LogP contribution in [0.4, 0.5) is 4.79 Å². The molecule has 0 bridgehead atoms. The number of likely N-dealkylation sites (tertiary alicyclic amines) is 1. The molecule has 0 unspecified atom stereocenters. The normalized spacial score (nSPS) is 19.8. The van der Waals surface area contributed by atoms with Crippen LogP contribution in [0.2, 0.25) is 18.1 Å². The number of hydrogen-bond donors (Lipinski definition) is 0. The molecule has 2 atom stereocenters. The molecule has 2 aromatic rings. The van der Waals surface area contributed by atoms with Gasteiger partial charge >= 0.3 is 6.09 Å². The van der Waals surface area contributed by atoms with Crippen LogP contribution in [0.25, 0.3) is 0 Å². The highest BCUT2D eigenvalue weighted by Gasteiger charge is 2.44. The maximum atomic E-state index is 12.8. The molecule has 7 nitrogen and oxygen atoms in total. The topological polar surface area (TPSA) is 69.5 Å². The lowest BCUT2D eigenvalue weighted by Crippen LogP contribution is -2.53. The van der Waals surface area contributed by atoms with E-state index in [1.54, 1.807) is 4.90 Å². The molecule has 1 aromatic heterocycles. The summed E-state index contributed by atoms with van der Waals surface area (Å²) >= 11 is 0. The molecule has 1 fully saturated rings. The molecule has 3 rings (SSSR count). The Morgan fingerprint density at radius 3 is 2.41 bits per heavy atom. The van der Waals surface area contributed by atoms with Gasteiger partial charge in [0, 0.05) is 31.7 Å². The Morgan fingerprint density at radius 1 is 1.12 bits per heavy atom. The zero-order valence-electron chi connectivity index (χ0n) is 22.2. The molecule has 188 valence electrons. The SMILES string of the molecule is CC(C)(C)OC(=O)N1CC[C@H](c2cn(CCc3ccccc3)nn2)[C@@H](O[Si](C)(C)C(C)(C)C)C1. The van der Waals surface area contributed by atoms with Crippen molar-refractivity contribution in [1.29, 1.82) is 0 Å². The van der Waals surface area contributed by atoms with Crippen molar-refractivity contribution in [3.05, 3.63) is 47.8 Å². The zero-order chi connectivity index (χ0) is 25.1. The van der Waals surface area contributed by atoms with Crippen molar-refractivity contribution in [1.82, 2.24) is 19.9 Å². The Bertz CT molecular complexity index is 947. The Hall–Kier alpha value is -2.19. The van der Waals surface area contributed by atoms with E-state index in [1.165, 1.54) is 5.56 Å². The molecule has 34 heavy (non-hydrogen) atoms. The van der Waals surface area contributed by atoms with Gasteiger partial charge in [0.05, 0.1) is 11.8 Å². The Morgan fingerprint density at radius 2 is 1.79 bits per heavy atom. The van der Waals surface area contributed by atoms with E-state index in [0.717, 1.165) is 25.1 Å². The van der Waals surface area contributed by atoms with Gasteiger partial charge in [-0.2, -0.15) is 0 Å². The molecule has 0 saturated carbocycles. The fourth-order valence-electron chi connectivity index (χ4n) is 3.90. The molecule has 2 heterocycles. The van der Waals surface area contributed by atoms with Crippen LogP contribution in [0, 0.1) is 0 Å². The second-order valence-corrected chi connectivity index (χ2v) is 16.6. The quantitative estimate of drug-likeness (QED) is 0.495. The van der Waals surface area contributed by atoms with Crippen molar-refractivity contribution in [2.24, 2.45) is 0 Å². The number of carbonyl (C=O) groups is 1. The third-order valence-electron chi connectivity index (χ3n) is 6.87. The standard InChI is InChI=1S/C26H42N4O3Si/c1-25(2,3)32-24(31)29-16-15-21(23(19-29)33-34(7,8)26(4,5)6)22-18-30(28-27-22)17-14-20-12-10-9-11-13-20/h9-13,18,21,23H,14-17,19H2,1-8H3/t21-,23+/m1/s1. The summed E-state index contributed by atoms with van der Waals surface area (Å²) in [7, 11) is -2.06. The fraction of sp³-hybridized carbons (Fsp3) is 0.654. The average molecular weight is 487 g/mol. The molecule has 1 aromatic carbocycles. The first-order valence-corrected chi connectivity index (χ1v) is 15.3. The van der Waals surface area contributed by atoms with Gasteiger partial charge in [0.15, 0.2) is 8.32 Å². The van der Waals surface area contributed by atoms with Crippen LogP contribution >= 0.6 is 0 Å². The van der Waals surface area contributed by atoms with E-state index in [0.29, 0.717) is 13.1 Å². The second kappa shape index (κ2) is 10.2. The van der Waals surface area contributed by atoms with Crippen molar-refractivity contribution in [3.8, 4) is 0 Å². The van der Waals surface area contributed by atoms with Gasteiger partial charge in [0.1, 0.15) is 5.60 Å². The lowest BCUT2D eigenvalue weighted by molar-refractivity contribution is 0.000682. The van der Waals surface area contributed by atoms with Gasteiger partial charge < -0.3 is 14.1 Å². The van der Waals surface area contributed by atoms with Crippen LogP contribution in [0.1, 0.15) is 65.1 Å². The molecular weight excluding hydrogens is 444 g/mol. The number of aromatic nitrogens is 3. The number of rotatable bonds is 6. The maximum Gasteiger partial charge on any atom is 0.410 e. The molecule has 0 spiro atoms. The molecule has 1 aliphatic heterocycles. The third-order valence-corrected chi connectivity index (χ3v) is 11.4. The van der Waals surface area contributed by atoms with E-state index in [1.807, 2.05) is 31.5 Å². The van der Waals surface area contributed by atoms with E-state index < -0.39 is 13.9 Å². The van der Waals surface area contributed by atoms with Gasteiger partial charge in [-0.3, -0.25) is 4.68 Å². The highest BCUT2D eigenvalue weighted by atomic mass is 28.4. The van der Waals surface area contributed by atoms with Gasteiger partial charge in [-0.15, -0.1) is 5.10 Å². The first-order valence-electron chi connectivity index (χ1n) is 12.3. The molecule has 0 aliphatic carbocycles. The highest BCUT2D eigenvalue weighted by Crippen LogP contribution is 2.40. The molecule has 0 N–H and O–H groups in total. The highest BCUT2D eigenvalue weighted by molar-refractivity contribution is 6.74. The van der Waals surface area contributed by atoms with Gasteiger partial charge in [-0.1, -0.05) is 56.3 Å². The largest absolute Gasteiger partial charge is 0.444 e. The summed E-state index contributed by atoms with van der Waals surface area (Å²) in [4.78, 5) is 14.6. The van der Waals surface area contributed by atoms with Crippen molar-refractivity contribution >= 4 is 14.4 Å². The number of nitrogens with zero attached hydrogens (tertiary/aromatic N) is 4. The number of ether oxygens (including phenoxy) is 1. The number of piperidine rings is 1. The van der Waals surface area contributed by atoms with Gasteiger partial charge in [-0.05, 0) is 57.3 Å². The lowest BCUT2D eigenvalue weighted by Gasteiger charge is -2.45. The molecule has 8 heteroatoms. The predicted molar refractivity (Wildman–Crippen MR) is 137 cm³/mol. The molecule has 1 aliphatic rings. The van der Waals surface area contributed by atoms with E-state index >= 15 is 0 Å². The van der Waals surface area contributed by atoms with Crippen LogP contribution in [-0.2, 0) is 22.1 Å². The summed E-state index contributed by atoms with van der Waals surface area (Å²) in [6, 6.07) is 10.4. The second-order valence-electron chi connectivity index (χ2n) is 11.9. The summed E-state index contributed by atoms with van der Waals surface area (Å²) < 4.78 is 14.4. The van der Waals surface area contributed by atoms with Crippen molar-refractivity contribution < 1.29 is 14.0 Å². The van der Waals surface area contributed by atoms with Gasteiger partial charge in [0.25, 0.3) is 0 Å². The Kier molecular flexibility index (Phi) is 7.92. The van der Waals surface area contributed by atoms with Crippen LogP contribution < -0.4 is 0 Å². The smallest absolute Gasteiger partial charge is 0.410 e. The monoisotopic (exact) mass is 486 g/mol. The van der Waals surface area contributed by atoms with E-state index in [2.05, 4.69) is 74.6 Å². The van der Waals surface area contributed by atoms with Crippen LogP contribution in [0.5, 0.6) is 0 Å². The summed E-state index contributed by atoms with van der Waals surface area (Å²) in [6.07, 6.45) is 3.32. The first-order chi connectivity index (χ1) is 15.7. The summed E-state index contributed by atoms with van der Waals surface area (Å²) in [5, 5.41) is 9.01. The predicted octanol–water partition coefficient (Wildman–Crippen LogP) is 5.64. The van der Waals surface area contributed by atoms with E-state index in [-0.39, 0.29) is 23.2 Å². The number of amides is 1. The molecule has 0 radical (unpaired) electrons. The Balaban J connectivity index is 1.76. The minimum Gasteiger partial charge on any atom is -0.444 e. The lowest BCUT2D eigenvalue weighted by atomic mass is 9.91. The number of carbonyl (C=O) groups excluding carboxylic acids is 1. The van der Waals surface area contributed by atoms with E-state index in [9.17, 15) is 4.79 Å². The summed E-state index contributed by atoms with van der Waals surface area (Å²) in [5.41, 5.74) is 1.70. The summed E-state index contributed by atoms with van der Waals surface area (Å²) in [6.45, 7) is 18.8. The number of benzene rings is 1. The first kappa shape index (κ1) is 26.4. The minimum atomic E-state index is -2.06. The average Bonchev–Trinajstić information content (AvgIpc) is 3.19. The number of aryl methyl sites for hydroxylation is 2. The number of hydrogen-bond acceptors (Lipinski definition) is 5. The van der Waals surface area contributed by atoms with Crippen molar-refractivity contribution in [2.45, 2.75) is 96.7 Å². The van der Waals surface area contributed by atoms with Crippen LogP contribution in [0.15, 0.2) is 36.5 Å². The maximum absolute atomic E-state index is 12.8. The van der Waals surface area contributed by atoms with Crippen molar-refractivity contribution in [2.75, 3.05) is 13.1 Å². The Labute approximate surface area is 205 Å². The molecular formula is C26H42N4O3Si. The minimum absolute atomic E-state index is 0.0685. The van der Waals surface area contributed by atoms with Gasteiger partial charge in [-0.25, -0.2) is 4.79 Å². The zero-order valence-corrected chi connectivity index (χ0v) is 23.2. The third kappa shape index (κ3) is 6.92. The van der Waals surface area contributed by atoms with Crippen LogP contribution in [0.3, 0.4) is 0 Å². The molecule has 1 amide bonds. The van der Waals surface area contributed by atoms with Crippen LogP contribution in [-0.4, -0.2) is 59.1 Å². The van der Waals surface area contributed by atoms with Crippen molar-refractivity contribution in [3.63, 3.8) is 0 Å². The van der Waals surface area contributed by atoms with Gasteiger partial charge in [0.2, 0.25) is 0 Å². The fourth-order valence-corrected chi connectivity index (χ4v) is 5.25. The van der Waals surface area contributed by atoms with E-state index in [4.69, 9.17) is 9.16 Å².